The Morgan fingerprint density at radius 1 is 1.41 bits per heavy atom. The Balaban J connectivity index is 2.40. The summed E-state index contributed by atoms with van der Waals surface area (Å²) < 4.78 is 0.990. The summed E-state index contributed by atoms with van der Waals surface area (Å²) in [6.07, 6.45) is 1.67. The molecule has 17 heavy (non-hydrogen) atoms. The van der Waals surface area contributed by atoms with E-state index in [0.717, 1.165) is 22.9 Å². The third-order valence-electron chi connectivity index (χ3n) is 3.50. The van der Waals surface area contributed by atoms with Crippen molar-refractivity contribution in [2.24, 2.45) is 11.3 Å². The van der Waals surface area contributed by atoms with E-state index in [2.05, 4.69) is 35.2 Å². The third-order valence-corrected chi connectivity index (χ3v) is 4.00. The summed E-state index contributed by atoms with van der Waals surface area (Å²) >= 11 is 3.44. The van der Waals surface area contributed by atoms with E-state index in [1.54, 1.807) is 0 Å². The SMILES string of the molecule is CC1(C)CC(C(=O)NN)(c2cccc(Br)c2)C1. The van der Waals surface area contributed by atoms with Crippen LogP contribution < -0.4 is 11.3 Å². The van der Waals surface area contributed by atoms with Crippen LogP contribution in [0.25, 0.3) is 0 Å². The lowest BCUT2D eigenvalue weighted by molar-refractivity contribution is -0.135. The quantitative estimate of drug-likeness (QED) is 0.500. The van der Waals surface area contributed by atoms with Crippen LogP contribution in [0.1, 0.15) is 32.3 Å². The van der Waals surface area contributed by atoms with Crippen LogP contribution in [-0.2, 0) is 10.2 Å². The van der Waals surface area contributed by atoms with Crippen LogP contribution >= 0.6 is 15.9 Å². The van der Waals surface area contributed by atoms with Gasteiger partial charge < -0.3 is 0 Å². The monoisotopic (exact) mass is 296 g/mol. The summed E-state index contributed by atoms with van der Waals surface area (Å²) in [5.74, 6) is 5.23. The van der Waals surface area contributed by atoms with Crippen molar-refractivity contribution >= 4 is 21.8 Å². The molecule has 0 spiro atoms. The first-order chi connectivity index (χ1) is 7.89. The Labute approximate surface area is 110 Å². The average molecular weight is 297 g/mol. The van der Waals surface area contributed by atoms with Gasteiger partial charge in [-0.25, -0.2) is 5.84 Å². The van der Waals surface area contributed by atoms with E-state index in [4.69, 9.17) is 5.84 Å². The molecule has 0 unspecified atom stereocenters. The van der Waals surface area contributed by atoms with E-state index < -0.39 is 5.41 Å². The lowest BCUT2D eigenvalue weighted by atomic mass is 9.51. The highest BCUT2D eigenvalue weighted by Gasteiger charge is 2.55. The second kappa shape index (κ2) is 4.10. The molecule has 2 rings (SSSR count). The van der Waals surface area contributed by atoms with Crippen molar-refractivity contribution in [3.63, 3.8) is 0 Å². The predicted octanol–water partition coefficient (Wildman–Crippen LogP) is 2.50. The van der Waals surface area contributed by atoms with E-state index in [-0.39, 0.29) is 11.3 Å². The van der Waals surface area contributed by atoms with Gasteiger partial charge in [0, 0.05) is 4.47 Å². The number of rotatable bonds is 2. The van der Waals surface area contributed by atoms with Gasteiger partial charge in [-0.3, -0.25) is 10.2 Å². The Morgan fingerprint density at radius 2 is 2.06 bits per heavy atom. The van der Waals surface area contributed by atoms with E-state index in [0.29, 0.717) is 0 Å². The molecule has 1 aromatic carbocycles. The fourth-order valence-corrected chi connectivity index (χ4v) is 3.40. The van der Waals surface area contributed by atoms with Gasteiger partial charge in [-0.1, -0.05) is 41.9 Å². The van der Waals surface area contributed by atoms with Crippen LogP contribution in [0.4, 0.5) is 0 Å². The molecule has 1 aliphatic rings. The molecule has 1 amide bonds. The smallest absolute Gasteiger partial charge is 0.244 e. The van der Waals surface area contributed by atoms with Crippen LogP contribution in [0.5, 0.6) is 0 Å². The van der Waals surface area contributed by atoms with Crippen LogP contribution in [0.3, 0.4) is 0 Å². The topological polar surface area (TPSA) is 55.1 Å². The molecule has 0 aromatic heterocycles. The minimum absolute atomic E-state index is 0.0880. The summed E-state index contributed by atoms with van der Waals surface area (Å²) in [4.78, 5) is 12.1. The van der Waals surface area contributed by atoms with Crippen molar-refractivity contribution in [2.45, 2.75) is 32.1 Å². The number of benzene rings is 1. The minimum Gasteiger partial charge on any atom is -0.293 e. The van der Waals surface area contributed by atoms with Crippen molar-refractivity contribution in [1.29, 1.82) is 0 Å². The summed E-state index contributed by atoms with van der Waals surface area (Å²) in [5, 5.41) is 0. The molecule has 1 aromatic rings. The maximum absolute atomic E-state index is 12.1. The second-order valence-electron chi connectivity index (χ2n) is 5.58. The zero-order valence-electron chi connectivity index (χ0n) is 10.1. The summed E-state index contributed by atoms with van der Waals surface area (Å²) in [5.41, 5.74) is 3.09. The molecular weight excluding hydrogens is 280 g/mol. The average Bonchev–Trinajstić information content (AvgIpc) is 2.24. The number of carbonyl (C=O) groups is 1. The minimum atomic E-state index is -0.456. The summed E-state index contributed by atoms with van der Waals surface area (Å²) in [6.45, 7) is 4.35. The molecule has 0 heterocycles. The highest BCUT2D eigenvalue weighted by atomic mass is 79.9. The Kier molecular flexibility index (Phi) is 3.04. The zero-order chi connectivity index (χ0) is 12.7. The molecule has 4 heteroatoms. The maximum Gasteiger partial charge on any atom is 0.244 e. The molecule has 92 valence electrons. The highest BCUT2D eigenvalue weighted by molar-refractivity contribution is 9.10. The molecule has 1 saturated carbocycles. The van der Waals surface area contributed by atoms with Gasteiger partial charge in [-0.15, -0.1) is 0 Å². The Morgan fingerprint density at radius 3 is 2.53 bits per heavy atom. The molecule has 1 aliphatic carbocycles. The van der Waals surface area contributed by atoms with Crippen LogP contribution in [-0.4, -0.2) is 5.91 Å². The van der Waals surface area contributed by atoms with Crippen LogP contribution in [0.2, 0.25) is 0 Å². The number of carbonyl (C=O) groups excluding carboxylic acids is 1. The standard InChI is InChI=1S/C13H17BrN2O/c1-12(2)7-13(8-12,11(17)16-15)9-4-3-5-10(14)6-9/h3-6H,7-8,15H2,1-2H3,(H,16,17). The zero-order valence-corrected chi connectivity index (χ0v) is 11.7. The van der Waals surface area contributed by atoms with Gasteiger partial charge in [-0.05, 0) is 36.0 Å². The summed E-state index contributed by atoms with van der Waals surface area (Å²) in [7, 11) is 0. The third kappa shape index (κ3) is 2.11. The van der Waals surface area contributed by atoms with Crippen LogP contribution in [0.15, 0.2) is 28.7 Å². The molecule has 0 aliphatic heterocycles. The van der Waals surface area contributed by atoms with Gasteiger partial charge >= 0.3 is 0 Å². The highest BCUT2D eigenvalue weighted by Crippen LogP contribution is 2.55. The van der Waals surface area contributed by atoms with Crippen LogP contribution in [0, 0.1) is 5.41 Å². The van der Waals surface area contributed by atoms with Crippen molar-refractivity contribution in [3.8, 4) is 0 Å². The van der Waals surface area contributed by atoms with Gasteiger partial charge in [-0.2, -0.15) is 0 Å². The molecule has 0 atom stereocenters. The number of hydrazine groups is 1. The Hall–Kier alpha value is -0.870. The molecule has 3 nitrogen and oxygen atoms in total. The van der Waals surface area contributed by atoms with Gasteiger partial charge in [0.1, 0.15) is 0 Å². The van der Waals surface area contributed by atoms with Gasteiger partial charge in [0.05, 0.1) is 5.41 Å². The number of nitrogens with two attached hydrogens (primary N) is 1. The normalized spacial score (nSPS) is 20.5. The number of amides is 1. The van der Waals surface area contributed by atoms with E-state index in [9.17, 15) is 4.79 Å². The lowest BCUT2D eigenvalue weighted by Crippen LogP contribution is -2.57. The van der Waals surface area contributed by atoms with Gasteiger partial charge in [0.2, 0.25) is 5.91 Å². The largest absolute Gasteiger partial charge is 0.293 e. The van der Waals surface area contributed by atoms with Crippen molar-refractivity contribution in [3.05, 3.63) is 34.3 Å². The number of hydrogen-bond acceptors (Lipinski definition) is 2. The predicted molar refractivity (Wildman–Crippen MR) is 71.2 cm³/mol. The fourth-order valence-electron chi connectivity index (χ4n) is 3.00. The first kappa shape index (κ1) is 12.6. The number of nitrogens with one attached hydrogen (secondary N) is 1. The molecule has 0 saturated heterocycles. The van der Waals surface area contributed by atoms with Crippen molar-refractivity contribution in [1.82, 2.24) is 5.43 Å². The fraction of sp³-hybridized carbons (Fsp3) is 0.462. The van der Waals surface area contributed by atoms with E-state index in [1.807, 2.05) is 24.3 Å². The first-order valence-corrected chi connectivity index (χ1v) is 6.46. The molecular formula is C13H17BrN2O. The number of halogens is 1. The van der Waals surface area contributed by atoms with Gasteiger partial charge in [0.25, 0.3) is 0 Å². The Bertz CT molecular complexity index is 448. The van der Waals surface area contributed by atoms with Gasteiger partial charge in [0.15, 0.2) is 0 Å². The van der Waals surface area contributed by atoms with E-state index in [1.165, 1.54) is 0 Å². The number of hydrogen-bond donors (Lipinski definition) is 2. The lowest BCUT2D eigenvalue weighted by Gasteiger charge is -2.52. The molecule has 0 radical (unpaired) electrons. The molecule has 1 fully saturated rings. The van der Waals surface area contributed by atoms with E-state index >= 15 is 0 Å². The van der Waals surface area contributed by atoms with Crippen molar-refractivity contribution < 1.29 is 4.79 Å². The molecule has 3 N–H and O–H groups in total. The molecule has 0 bridgehead atoms. The maximum atomic E-state index is 12.1. The van der Waals surface area contributed by atoms with Crippen molar-refractivity contribution in [2.75, 3.05) is 0 Å². The summed E-state index contributed by atoms with van der Waals surface area (Å²) in [6, 6.07) is 7.91. The first-order valence-electron chi connectivity index (χ1n) is 5.67. The second-order valence-corrected chi connectivity index (χ2v) is 6.50.